The molecule has 0 fully saturated rings. The molecule has 0 amide bonds. The Balaban J connectivity index is 2.34. The minimum Gasteiger partial charge on any atom is -0.477 e. The Kier molecular flexibility index (Phi) is 3.75. The van der Waals surface area contributed by atoms with Crippen LogP contribution < -0.4 is 4.74 Å². The van der Waals surface area contributed by atoms with Crippen molar-refractivity contribution < 1.29 is 19.0 Å². The monoisotopic (exact) mass is 359 g/mol. The molecule has 0 unspecified atom stereocenters. The van der Waals surface area contributed by atoms with Crippen molar-refractivity contribution in [2.24, 2.45) is 0 Å². The average molecular weight is 359 g/mol. The van der Waals surface area contributed by atoms with E-state index in [1.54, 1.807) is 24.3 Å². The molecule has 1 aromatic heterocycles. The SMILES string of the molecule is O=C(O)c1cc(F)cnc1Oc1ccc(I)cc1. The van der Waals surface area contributed by atoms with E-state index in [2.05, 4.69) is 27.6 Å². The molecule has 1 heterocycles. The summed E-state index contributed by atoms with van der Waals surface area (Å²) in [6.07, 6.45) is 0.911. The fourth-order valence-corrected chi connectivity index (χ4v) is 1.64. The first-order valence-electron chi connectivity index (χ1n) is 4.88. The lowest BCUT2D eigenvalue weighted by Gasteiger charge is -2.07. The van der Waals surface area contributed by atoms with E-state index in [0.29, 0.717) is 5.75 Å². The van der Waals surface area contributed by atoms with E-state index in [4.69, 9.17) is 9.84 Å². The fraction of sp³-hybridized carbons (Fsp3) is 0. The van der Waals surface area contributed by atoms with Gasteiger partial charge in [-0.25, -0.2) is 14.2 Å². The first kappa shape index (κ1) is 12.7. The van der Waals surface area contributed by atoms with Crippen molar-refractivity contribution in [3.63, 3.8) is 0 Å². The van der Waals surface area contributed by atoms with Crippen LogP contribution in [-0.4, -0.2) is 16.1 Å². The molecule has 0 aliphatic carbocycles. The van der Waals surface area contributed by atoms with Crippen LogP contribution >= 0.6 is 22.6 Å². The summed E-state index contributed by atoms with van der Waals surface area (Å²) in [6.45, 7) is 0. The van der Waals surface area contributed by atoms with Gasteiger partial charge >= 0.3 is 5.97 Å². The van der Waals surface area contributed by atoms with Crippen LogP contribution in [0.5, 0.6) is 11.6 Å². The van der Waals surface area contributed by atoms with Crippen molar-refractivity contribution >= 4 is 28.6 Å². The van der Waals surface area contributed by atoms with Gasteiger partial charge in [-0.05, 0) is 52.9 Å². The number of aromatic carboxylic acids is 1. The van der Waals surface area contributed by atoms with Crippen LogP contribution in [0.3, 0.4) is 0 Å². The second-order valence-corrected chi connectivity index (χ2v) is 4.61. The molecule has 0 bridgehead atoms. The summed E-state index contributed by atoms with van der Waals surface area (Å²) in [7, 11) is 0. The summed E-state index contributed by atoms with van der Waals surface area (Å²) in [6, 6.07) is 7.84. The van der Waals surface area contributed by atoms with Crippen molar-refractivity contribution in [3.05, 3.63) is 51.5 Å². The highest BCUT2D eigenvalue weighted by molar-refractivity contribution is 14.1. The van der Waals surface area contributed by atoms with Crippen LogP contribution in [-0.2, 0) is 0 Å². The maximum Gasteiger partial charge on any atom is 0.341 e. The molecule has 2 aromatic rings. The molecule has 0 atom stereocenters. The molecule has 2 rings (SSSR count). The number of carboxylic acid groups (broad SMARTS) is 1. The smallest absolute Gasteiger partial charge is 0.341 e. The van der Waals surface area contributed by atoms with E-state index in [-0.39, 0.29) is 11.4 Å². The number of nitrogens with zero attached hydrogens (tertiary/aromatic N) is 1. The minimum atomic E-state index is -1.29. The summed E-state index contributed by atoms with van der Waals surface area (Å²) in [5, 5.41) is 8.92. The van der Waals surface area contributed by atoms with E-state index < -0.39 is 11.8 Å². The third-order valence-electron chi connectivity index (χ3n) is 2.08. The largest absolute Gasteiger partial charge is 0.477 e. The van der Waals surface area contributed by atoms with E-state index in [1.165, 1.54) is 0 Å². The molecule has 6 heteroatoms. The van der Waals surface area contributed by atoms with Gasteiger partial charge in [0.1, 0.15) is 17.1 Å². The van der Waals surface area contributed by atoms with Crippen LogP contribution in [0.1, 0.15) is 10.4 Å². The van der Waals surface area contributed by atoms with Gasteiger partial charge in [0.2, 0.25) is 5.88 Å². The van der Waals surface area contributed by atoms with Gasteiger partial charge in [-0.1, -0.05) is 0 Å². The number of aromatic nitrogens is 1. The molecule has 18 heavy (non-hydrogen) atoms. The highest BCUT2D eigenvalue weighted by Crippen LogP contribution is 2.24. The maximum absolute atomic E-state index is 12.9. The minimum absolute atomic E-state index is 0.134. The molecular weight excluding hydrogens is 352 g/mol. The number of hydrogen-bond acceptors (Lipinski definition) is 3. The van der Waals surface area contributed by atoms with Gasteiger partial charge in [0.25, 0.3) is 0 Å². The number of carboxylic acids is 1. The molecular formula is C12H7FINO3. The number of benzene rings is 1. The Morgan fingerprint density at radius 2 is 2.00 bits per heavy atom. The van der Waals surface area contributed by atoms with Gasteiger partial charge in [0, 0.05) is 3.57 Å². The summed E-state index contributed by atoms with van der Waals surface area (Å²) in [5.74, 6) is -1.70. The number of pyridine rings is 1. The predicted octanol–water partition coefficient (Wildman–Crippen LogP) is 3.32. The van der Waals surface area contributed by atoms with Crippen LogP contribution in [0.2, 0.25) is 0 Å². The number of ether oxygens (including phenoxy) is 1. The summed E-state index contributed by atoms with van der Waals surface area (Å²) in [5.41, 5.74) is -0.312. The van der Waals surface area contributed by atoms with E-state index in [9.17, 15) is 9.18 Å². The number of rotatable bonds is 3. The van der Waals surface area contributed by atoms with E-state index >= 15 is 0 Å². The summed E-state index contributed by atoms with van der Waals surface area (Å²) in [4.78, 5) is 14.6. The molecule has 0 aliphatic heterocycles. The Morgan fingerprint density at radius 3 is 2.61 bits per heavy atom. The van der Waals surface area contributed by atoms with Crippen LogP contribution in [0.25, 0.3) is 0 Å². The molecule has 0 radical (unpaired) electrons. The van der Waals surface area contributed by atoms with Gasteiger partial charge in [-0.15, -0.1) is 0 Å². The lowest BCUT2D eigenvalue weighted by molar-refractivity contribution is 0.0692. The van der Waals surface area contributed by atoms with Gasteiger partial charge in [0.05, 0.1) is 6.20 Å². The second kappa shape index (κ2) is 5.30. The topological polar surface area (TPSA) is 59.4 Å². The Bertz CT molecular complexity index is 586. The van der Waals surface area contributed by atoms with Crippen molar-refractivity contribution in [3.8, 4) is 11.6 Å². The van der Waals surface area contributed by atoms with Crippen molar-refractivity contribution in [1.82, 2.24) is 4.98 Å². The summed E-state index contributed by atoms with van der Waals surface area (Å²) >= 11 is 2.13. The quantitative estimate of drug-likeness (QED) is 0.855. The average Bonchev–Trinajstić information content (AvgIpc) is 2.34. The Morgan fingerprint density at radius 1 is 1.33 bits per heavy atom. The zero-order valence-electron chi connectivity index (χ0n) is 8.93. The van der Waals surface area contributed by atoms with E-state index in [0.717, 1.165) is 15.8 Å². The van der Waals surface area contributed by atoms with Crippen molar-refractivity contribution in [2.45, 2.75) is 0 Å². The molecule has 0 saturated heterocycles. The third kappa shape index (κ3) is 2.95. The van der Waals surface area contributed by atoms with E-state index in [1.807, 2.05) is 0 Å². The zero-order chi connectivity index (χ0) is 13.1. The molecule has 0 saturated carbocycles. The Hall–Kier alpha value is -1.70. The lowest BCUT2D eigenvalue weighted by Crippen LogP contribution is -2.02. The van der Waals surface area contributed by atoms with Crippen LogP contribution in [0.15, 0.2) is 36.5 Å². The molecule has 1 aromatic carbocycles. The van der Waals surface area contributed by atoms with Crippen LogP contribution in [0, 0.1) is 9.39 Å². The number of halogens is 2. The maximum atomic E-state index is 12.9. The van der Waals surface area contributed by atoms with Gasteiger partial charge in [-0.3, -0.25) is 0 Å². The number of carbonyl (C=O) groups is 1. The molecule has 92 valence electrons. The zero-order valence-corrected chi connectivity index (χ0v) is 11.1. The Labute approximate surface area is 116 Å². The third-order valence-corrected chi connectivity index (χ3v) is 2.80. The lowest BCUT2D eigenvalue weighted by atomic mass is 10.2. The first-order valence-corrected chi connectivity index (χ1v) is 5.96. The highest BCUT2D eigenvalue weighted by atomic mass is 127. The molecule has 0 spiro atoms. The standard InChI is InChI=1S/C12H7FINO3/c13-7-5-10(12(16)17)11(15-6-7)18-9-3-1-8(14)2-4-9/h1-6H,(H,16,17). The van der Waals surface area contributed by atoms with Gasteiger partial charge in [0.15, 0.2) is 0 Å². The van der Waals surface area contributed by atoms with Gasteiger partial charge in [-0.2, -0.15) is 0 Å². The first-order chi connectivity index (χ1) is 8.56. The fourth-order valence-electron chi connectivity index (χ4n) is 1.28. The molecule has 4 nitrogen and oxygen atoms in total. The predicted molar refractivity (Wildman–Crippen MR) is 70.4 cm³/mol. The molecule has 1 N–H and O–H groups in total. The van der Waals surface area contributed by atoms with Crippen LogP contribution in [0.4, 0.5) is 4.39 Å². The molecule has 0 aliphatic rings. The van der Waals surface area contributed by atoms with Crippen molar-refractivity contribution in [1.29, 1.82) is 0 Å². The highest BCUT2D eigenvalue weighted by Gasteiger charge is 2.14. The second-order valence-electron chi connectivity index (χ2n) is 3.37. The number of hydrogen-bond donors (Lipinski definition) is 1. The normalized spacial score (nSPS) is 10.1. The summed E-state index contributed by atoms with van der Waals surface area (Å²) < 4.78 is 19.3. The van der Waals surface area contributed by atoms with Crippen molar-refractivity contribution in [2.75, 3.05) is 0 Å². The van der Waals surface area contributed by atoms with Gasteiger partial charge < -0.3 is 9.84 Å².